The maximum absolute atomic E-state index is 13.5. The molecule has 128 valence electrons. The third-order valence-corrected chi connectivity index (χ3v) is 3.66. The Morgan fingerprint density at radius 1 is 1.24 bits per heavy atom. The van der Waals surface area contributed by atoms with E-state index in [9.17, 15) is 9.18 Å². The van der Waals surface area contributed by atoms with Crippen molar-refractivity contribution < 1.29 is 13.9 Å². The molecule has 7 nitrogen and oxygen atoms in total. The van der Waals surface area contributed by atoms with Gasteiger partial charge in [-0.25, -0.2) is 4.39 Å². The van der Waals surface area contributed by atoms with E-state index in [1.807, 2.05) is 24.3 Å². The number of methoxy groups -OCH3 is 1. The van der Waals surface area contributed by atoms with Crippen LogP contribution in [0.1, 0.15) is 15.9 Å². The molecule has 0 saturated carbocycles. The first-order valence-electron chi connectivity index (χ1n) is 7.61. The molecule has 25 heavy (non-hydrogen) atoms. The van der Waals surface area contributed by atoms with Crippen LogP contribution in [0.3, 0.4) is 0 Å². The van der Waals surface area contributed by atoms with Gasteiger partial charge in [-0.2, -0.15) is 4.68 Å². The van der Waals surface area contributed by atoms with Crippen molar-refractivity contribution in [3.8, 4) is 11.4 Å². The third-order valence-electron chi connectivity index (χ3n) is 3.66. The number of amides is 1. The molecule has 0 aliphatic carbocycles. The molecule has 1 aromatic heterocycles. The van der Waals surface area contributed by atoms with Gasteiger partial charge in [0.1, 0.15) is 17.9 Å². The number of rotatable bonds is 6. The standard InChI is InChI=1S/C17H16FN5O2/c1-25-14-5-2-12(3-6-14)8-9-19-17(24)15-7-4-13(18)10-16(15)23-11-20-21-22-23/h2-7,10-11H,8-9H2,1H3,(H,19,24). The van der Waals surface area contributed by atoms with Crippen LogP contribution in [0.5, 0.6) is 5.75 Å². The van der Waals surface area contributed by atoms with Crippen molar-refractivity contribution in [2.45, 2.75) is 6.42 Å². The number of halogens is 1. The van der Waals surface area contributed by atoms with Crippen LogP contribution in [0.15, 0.2) is 48.8 Å². The maximum atomic E-state index is 13.5. The molecule has 0 spiro atoms. The van der Waals surface area contributed by atoms with E-state index in [1.54, 1.807) is 7.11 Å². The van der Waals surface area contributed by atoms with Gasteiger partial charge in [-0.15, -0.1) is 5.10 Å². The zero-order chi connectivity index (χ0) is 17.6. The summed E-state index contributed by atoms with van der Waals surface area (Å²) >= 11 is 0. The van der Waals surface area contributed by atoms with Gasteiger partial charge in [0.15, 0.2) is 0 Å². The summed E-state index contributed by atoms with van der Waals surface area (Å²) in [6, 6.07) is 11.5. The molecule has 0 radical (unpaired) electrons. The fourth-order valence-corrected chi connectivity index (χ4v) is 2.37. The van der Waals surface area contributed by atoms with Gasteiger partial charge in [0, 0.05) is 12.6 Å². The summed E-state index contributed by atoms with van der Waals surface area (Å²) in [4.78, 5) is 12.4. The number of tetrazole rings is 1. The molecule has 0 unspecified atom stereocenters. The van der Waals surface area contributed by atoms with E-state index in [-0.39, 0.29) is 11.6 Å². The van der Waals surface area contributed by atoms with E-state index >= 15 is 0 Å². The van der Waals surface area contributed by atoms with Crippen molar-refractivity contribution in [1.82, 2.24) is 25.5 Å². The van der Waals surface area contributed by atoms with Crippen LogP contribution in [0, 0.1) is 5.82 Å². The smallest absolute Gasteiger partial charge is 0.253 e. The highest BCUT2D eigenvalue weighted by molar-refractivity contribution is 5.97. The van der Waals surface area contributed by atoms with Gasteiger partial charge >= 0.3 is 0 Å². The fourth-order valence-electron chi connectivity index (χ4n) is 2.37. The number of carbonyl (C=O) groups is 1. The highest BCUT2D eigenvalue weighted by Crippen LogP contribution is 2.15. The van der Waals surface area contributed by atoms with Gasteiger partial charge in [0.2, 0.25) is 0 Å². The van der Waals surface area contributed by atoms with Crippen molar-refractivity contribution in [1.29, 1.82) is 0 Å². The Morgan fingerprint density at radius 2 is 2.04 bits per heavy atom. The van der Waals surface area contributed by atoms with Crippen LogP contribution in [0.4, 0.5) is 4.39 Å². The minimum atomic E-state index is -0.472. The molecule has 0 aliphatic rings. The van der Waals surface area contributed by atoms with Crippen molar-refractivity contribution >= 4 is 5.91 Å². The molecule has 1 heterocycles. The number of aromatic nitrogens is 4. The number of hydrogen-bond donors (Lipinski definition) is 1. The third kappa shape index (κ3) is 3.97. The molecule has 8 heteroatoms. The van der Waals surface area contributed by atoms with Crippen molar-refractivity contribution in [3.05, 3.63) is 65.7 Å². The number of nitrogens with zero attached hydrogens (tertiary/aromatic N) is 4. The predicted molar refractivity (Wildman–Crippen MR) is 88.1 cm³/mol. The van der Waals surface area contributed by atoms with Crippen molar-refractivity contribution in [3.63, 3.8) is 0 Å². The zero-order valence-corrected chi connectivity index (χ0v) is 13.5. The second-order valence-electron chi connectivity index (χ2n) is 5.27. The van der Waals surface area contributed by atoms with Gasteiger partial charge in [-0.3, -0.25) is 4.79 Å². The highest BCUT2D eigenvalue weighted by Gasteiger charge is 2.14. The predicted octanol–water partition coefficient (Wildman–Crippen LogP) is 1.78. The molecule has 3 aromatic rings. The molecule has 3 rings (SSSR count). The fraction of sp³-hybridized carbons (Fsp3) is 0.176. The molecule has 0 atom stereocenters. The van der Waals surface area contributed by atoms with Crippen LogP contribution >= 0.6 is 0 Å². The van der Waals surface area contributed by atoms with Crippen LogP contribution < -0.4 is 10.1 Å². The minimum Gasteiger partial charge on any atom is -0.497 e. The van der Waals surface area contributed by atoms with E-state index in [1.165, 1.54) is 29.2 Å². The summed E-state index contributed by atoms with van der Waals surface area (Å²) in [5.41, 5.74) is 1.65. The van der Waals surface area contributed by atoms with Crippen LogP contribution in [-0.2, 0) is 6.42 Å². The lowest BCUT2D eigenvalue weighted by Crippen LogP contribution is -2.27. The average Bonchev–Trinajstić information content (AvgIpc) is 3.16. The molecule has 1 amide bonds. The first-order valence-corrected chi connectivity index (χ1v) is 7.61. The Bertz CT molecular complexity index is 850. The van der Waals surface area contributed by atoms with Crippen LogP contribution in [0.25, 0.3) is 5.69 Å². The number of hydrogen-bond acceptors (Lipinski definition) is 5. The summed E-state index contributed by atoms with van der Waals surface area (Å²) in [6.07, 6.45) is 1.97. The molecule has 2 aromatic carbocycles. The molecule has 0 fully saturated rings. The molecule has 0 bridgehead atoms. The second-order valence-corrected chi connectivity index (χ2v) is 5.27. The SMILES string of the molecule is COc1ccc(CCNC(=O)c2ccc(F)cc2-n2cnnn2)cc1. The molecule has 0 aliphatic heterocycles. The molecular formula is C17H16FN5O2. The second kappa shape index (κ2) is 7.52. The highest BCUT2D eigenvalue weighted by atomic mass is 19.1. The lowest BCUT2D eigenvalue weighted by molar-refractivity contribution is 0.0954. The Kier molecular flexibility index (Phi) is 4.98. The summed E-state index contributed by atoms with van der Waals surface area (Å²) in [6.45, 7) is 0.442. The Morgan fingerprint density at radius 3 is 2.72 bits per heavy atom. The average molecular weight is 341 g/mol. The number of nitrogens with one attached hydrogen (secondary N) is 1. The van der Waals surface area contributed by atoms with Gasteiger partial charge in [-0.1, -0.05) is 12.1 Å². The van der Waals surface area contributed by atoms with Gasteiger partial charge in [-0.05, 0) is 46.7 Å². The normalized spacial score (nSPS) is 10.5. The Balaban J connectivity index is 1.67. The molecule has 1 N–H and O–H groups in total. The Labute approximate surface area is 143 Å². The lowest BCUT2D eigenvalue weighted by Gasteiger charge is -2.10. The van der Waals surface area contributed by atoms with Crippen LogP contribution in [0.2, 0.25) is 0 Å². The number of ether oxygens (including phenoxy) is 1. The summed E-state index contributed by atoms with van der Waals surface area (Å²) < 4.78 is 19.9. The van der Waals surface area contributed by atoms with Crippen molar-refractivity contribution in [2.24, 2.45) is 0 Å². The summed E-state index contributed by atoms with van der Waals surface area (Å²) in [5, 5.41) is 13.6. The number of carbonyl (C=O) groups excluding carboxylic acids is 1. The van der Waals surface area contributed by atoms with E-state index in [2.05, 4.69) is 20.8 Å². The first-order chi connectivity index (χ1) is 12.2. The minimum absolute atomic E-state index is 0.284. The monoisotopic (exact) mass is 341 g/mol. The topological polar surface area (TPSA) is 81.9 Å². The van der Waals surface area contributed by atoms with Gasteiger partial charge in [0.25, 0.3) is 5.91 Å². The molecular weight excluding hydrogens is 325 g/mol. The quantitative estimate of drug-likeness (QED) is 0.739. The lowest BCUT2D eigenvalue weighted by atomic mass is 10.1. The zero-order valence-electron chi connectivity index (χ0n) is 13.5. The summed E-state index contributed by atoms with van der Waals surface area (Å²) in [7, 11) is 1.61. The summed E-state index contributed by atoms with van der Waals surface area (Å²) in [5.74, 6) is -0.00974. The maximum Gasteiger partial charge on any atom is 0.253 e. The number of benzene rings is 2. The van der Waals surface area contributed by atoms with Crippen LogP contribution in [-0.4, -0.2) is 39.8 Å². The van der Waals surface area contributed by atoms with E-state index in [4.69, 9.17) is 4.74 Å². The largest absolute Gasteiger partial charge is 0.497 e. The first kappa shape index (κ1) is 16.6. The Hall–Kier alpha value is -3.29. The van der Waals surface area contributed by atoms with E-state index in [0.29, 0.717) is 18.5 Å². The van der Waals surface area contributed by atoms with E-state index in [0.717, 1.165) is 11.3 Å². The van der Waals surface area contributed by atoms with Gasteiger partial charge < -0.3 is 10.1 Å². The molecule has 0 saturated heterocycles. The van der Waals surface area contributed by atoms with Gasteiger partial charge in [0.05, 0.1) is 18.4 Å². The van der Waals surface area contributed by atoms with Crippen molar-refractivity contribution in [2.75, 3.05) is 13.7 Å². The van der Waals surface area contributed by atoms with E-state index < -0.39 is 5.82 Å².